The average Bonchev–Trinajstić information content (AvgIpc) is 3.11. The number of nitrogens with two attached hydrogens (primary N) is 2. The molecular weight excluding hydrogens is 407 g/mol. The lowest BCUT2D eigenvalue weighted by Gasteiger charge is -2.02. The molecule has 2 aromatic carbocycles. The van der Waals surface area contributed by atoms with Crippen LogP contribution in [0.2, 0.25) is 0 Å². The third-order valence-electron chi connectivity index (χ3n) is 3.75. The fourth-order valence-electron chi connectivity index (χ4n) is 2.45. The maximum Gasteiger partial charge on any atom is 0.279 e. The summed E-state index contributed by atoms with van der Waals surface area (Å²) in [7, 11) is 0. The van der Waals surface area contributed by atoms with E-state index in [9.17, 15) is 10.1 Å². The van der Waals surface area contributed by atoms with Gasteiger partial charge in [-0.1, -0.05) is 29.4 Å². The van der Waals surface area contributed by atoms with Crippen molar-refractivity contribution < 1.29 is 9.45 Å². The van der Waals surface area contributed by atoms with Crippen molar-refractivity contribution in [3.8, 4) is 22.6 Å². The van der Waals surface area contributed by atoms with E-state index in [1.807, 2.05) is 0 Å². The zero-order valence-corrected chi connectivity index (χ0v) is 15.8. The Morgan fingerprint density at radius 1 is 1.00 bits per heavy atom. The van der Waals surface area contributed by atoms with Crippen molar-refractivity contribution in [3.05, 3.63) is 69.8 Å². The molecule has 0 aliphatic rings. The zero-order chi connectivity index (χ0) is 18.8. The minimum absolute atomic E-state index is 0. The molecular formula is C17H16Cl2N6O3. The maximum atomic E-state index is 11.4. The molecule has 0 bridgehead atoms. The molecule has 1 heterocycles. The van der Waals surface area contributed by atoms with Crippen molar-refractivity contribution in [3.63, 3.8) is 0 Å². The first-order valence-electron chi connectivity index (χ1n) is 7.41. The number of nitrogens with one attached hydrogen (secondary N) is 2. The molecule has 0 unspecified atom stereocenters. The number of nitrogen functional groups attached to an aromatic ring is 2. The molecule has 3 aromatic rings. The minimum Gasteiger partial charge on any atom is -0.384 e. The van der Waals surface area contributed by atoms with E-state index in [2.05, 4.69) is 5.16 Å². The van der Waals surface area contributed by atoms with Gasteiger partial charge < -0.3 is 16.0 Å². The topological polar surface area (TPSA) is 169 Å². The van der Waals surface area contributed by atoms with Crippen LogP contribution in [0.3, 0.4) is 0 Å². The summed E-state index contributed by atoms with van der Waals surface area (Å²) in [6.07, 6.45) is 0. The van der Waals surface area contributed by atoms with Crippen molar-refractivity contribution in [2.75, 3.05) is 0 Å². The van der Waals surface area contributed by atoms with Crippen LogP contribution >= 0.6 is 24.8 Å². The van der Waals surface area contributed by atoms with Gasteiger partial charge in [-0.2, -0.15) is 0 Å². The molecule has 0 saturated heterocycles. The molecule has 11 heteroatoms. The largest absolute Gasteiger partial charge is 0.384 e. The number of nitro benzene ring substituents is 1. The van der Waals surface area contributed by atoms with Gasteiger partial charge in [-0.05, 0) is 12.1 Å². The van der Waals surface area contributed by atoms with Crippen LogP contribution in [0, 0.1) is 20.9 Å². The highest BCUT2D eigenvalue weighted by molar-refractivity contribution is 5.97. The predicted molar refractivity (Wildman–Crippen MR) is 111 cm³/mol. The molecule has 0 aliphatic carbocycles. The number of benzene rings is 2. The molecule has 6 N–H and O–H groups in total. The lowest BCUT2D eigenvalue weighted by Crippen LogP contribution is -2.11. The lowest BCUT2D eigenvalue weighted by molar-refractivity contribution is -0.384. The first-order valence-corrected chi connectivity index (χ1v) is 7.41. The van der Waals surface area contributed by atoms with Crippen molar-refractivity contribution in [2.24, 2.45) is 11.5 Å². The molecule has 9 nitrogen and oxygen atoms in total. The Morgan fingerprint density at radius 3 is 2.25 bits per heavy atom. The Morgan fingerprint density at radius 2 is 1.64 bits per heavy atom. The number of halogens is 2. The van der Waals surface area contributed by atoms with E-state index in [-0.39, 0.29) is 59.0 Å². The van der Waals surface area contributed by atoms with Crippen LogP contribution in [-0.4, -0.2) is 21.8 Å². The van der Waals surface area contributed by atoms with Gasteiger partial charge in [-0.15, -0.1) is 24.8 Å². The van der Waals surface area contributed by atoms with E-state index < -0.39 is 4.92 Å². The molecule has 0 saturated carbocycles. The van der Waals surface area contributed by atoms with Gasteiger partial charge in [-0.3, -0.25) is 20.9 Å². The van der Waals surface area contributed by atoms with Crippen LogP contribution in [0.4, 0.5) is 5.69 Å². The Bertz CT molecular complexity index is 1050. The number of hydrogen-bond donors (Lipinski definition) is 4. The van der Waals surface area contributed by atoms with E-state index in [0.717, 1.165) is 0 Å². The second kappa shape index (κ2) is 8.98. The van der Waals surface area contributed by atoms with E-state index in [1.165, 1.54) is 18.2 Å². The van der Waals surface area contributed by atoms with E-state index in [4.69, 9.17) is 26.8 Å². The lowest BCUT2D eigenvalue weighted by atomic mass is 10.0. The summed E-state index contributed by atoms with van der Waals surface area (Å²) >= 11 is 0. The zero-order valence-electron chi connectivity index (χ0n) is 14.2. The molecule has 1 aromatic heterocycles. The van der Waals surface area contributed by atoms with E-state index in [0.29, 0.717) is 16.9 Å². The first-order chi connectivity index (χ1) is 12.4. The van der Waals surface area contributed by atoms with Gasteiger partial charge in [0.2, 0.25) is 0 Å². The Hall–Kier alpha value is -3.43. The van der Waals surface area contributed by atoms with Crippen molar-refractivity contribution in [1.29, 1.82) is 10.8 Å². The molecule has 28 heavy (non-hydrogen) atoms. The highest BCUT2D eigenvalue weighted by Gasteiger charge is 2.20. The van der Waals surface area contributed by atoms with Crippen LogP contribution in [0.5, 0.6) is 0 Å². The minimum atomic E-state index is -0.563. The second-order valence-electron chi connectivity index (χ2n) is 5.47. The molecule has 3 rings (SSSR count). The standard InChI is InChI=1S/C17H14N6O3.2ClH/c18-16(19)10-3-1-2-9(6-10)15-8-13(22-26-15)12-5-4-11(17(20)21)7-14(12)23(24)25;;/h1-8H,(H3,18,19)(H3,20,21);2*1H. The summed E-state index contributed by atoms with van der Waals surface area (Å²) in [5.41, 5.74) is 12.6. The van der Waals surface area contributed by atoms with Crippen molar-refractivity contribution in [1.82, 2.24) is 5.16 Å². The fraction of sp³-hybridized carbons (Fsp3) is 0. The Kier molecular flexibility index (Phi) is 7.25. The number of amidine groups is 2. The number of aromatic nitrogens is 1. The molecule has 0 aliphatic heterocycles. The summed E-state index contributed by atoms with van der Waals surface area (Å²) < 4.78 is 5.30. The Labute approximate surface area is 171 Å². The summed E-state index contributed by atoms with van der Waals surface area (Å²) in [5, 5.41) is 30.2. The summed E-state index contributed by atoms with van der Waals surface area (Å²) in [6.45, 7) is 0. The fourth-order valence-corrected chi connectivity index (χ4v) is 2.45. The molecule has 146 valence electrons. The van der Waals surface area contributed by atoms with Gasteiger partial charge in [0.25, 0.3) is 5.69 Å². The monoisotopic (exact) mass is 422 g/mol. The quantitative estimate of drug-likeness (QED) is 0.212. The molecule has 0 atom stereocenters. The molecule has 0 radical (unpaired) electrons. The van der Waals surface area contributed by atoms with Gasteiger partial charge >= 0.3 is 0 Å². The maximum absolute atomic E-state index is 11.4. The summed E-state index contributed by atoms with van der Waals surface area (Å²) in [4.78, 5) is 10.8. The van der Waals surface area contributed by atoms with E-state index in [1.54, 1.807) is 30.3 Å². The van der Waals surface area contributed by atoms with Gasteiger partial charge in [0.05, 0.1) is 10.5 Å². The summed E-state index contributed by atoms with van der Waals surface area (Å²) in [5.74, 6) is 0.0385. The van der Waals surface area contributed by atoms with Gasteiger partial charge in [0.15, 0.2) is 5.76 Å². The normalized spacial score (nSPS) is 9.71. The predicted octanol–water partition coefficient (Wildman–Crippen LogP) is 3.33. The van der Waals surface area contributed by atoms with Crippen LogP contribution in [0.1, 0.15) is 11.1 Å². The Balaban J connectivity index is 0.00000196. The van der Waals surface area contributed by atoms with Crippen LogP contribution in [0.25, 0.3) is 22.6 Å². The van der Waals surface area contributed by atoms with Crippen LogP contribution in [-0.2, 0) is 0 Å². The van der Waals surface area contributed by atoms with Gasteiger partial charge in [0, 0.05) is 28.8 Å². The summed E-state index contributed by atoms with van der Waals surface area (Å²) in [6, 6.07) is 12.6. The van der Waals surface area contributed by atoms with Crippen molar-refractivity contribution in [2.45, 2.75) is 0 Å². The third kappa shape index (κ3) is 4.45. The van der Waals surface area contributed by atoms with Gasteiger partial charge in [0.1, 0.15) is 17.4 Å². The number of hydrogen-bond acceptors (Lipinski definition) is 6. The first kappa shape index (κ1) is 22.6. The van der Waals surface area contributed by atoms with E-state index >= 15 is 0 Å². The highest BCUT2D eigenvalue weighted by Crippen LogP contribution is 2.33. The molecule has 0 amide bonds. The average molecular weight is 423 g/mol. The smallest absolute Gasteiger partial charge is 0.279 e. The van der Waals surface area contributed by atoms with Crippen LogP contribution < -0.4 is 11.5 Å². The highest BCUT2D eigenvalue weighted by atomic mass is 35.5. The second-order valence-corrected chi connectivity index (χ2v) is 5.47. The SMILES string of the molecule is Cl.Cl.N=C(N)c1cccc(-c2cc(-c3ccc(C(=N)N)cc3[N+](=O)[O-])no2)c1. The molecule has 0 spiro atoms. The van der Waals surface area contributed by atoms with Crippen LogP contribution in [0.15, 0.2) is 53.1 Å². The number of nitro groups is 1. The number of nitrogens with zero attached hydrogens (tertiary/aromatic N) is 2. The third-order valence-corrected chi connectivity index (χ3v) is 3.75. The van der Waals surface area contributed by atoms with Crippen molar-refractivity contribution >= 4 is 42.2 Å². The number of rotatable bonds is 5. The van der Waals surface area contributed by atoms with Gasteiger partial charge in [-0.25, -0.2) is 0 Å². The molecule has 0 fully saturated rings.